The molecule has 1 aromatic heterocycles. The Morgan fingerprint density at radius 2 is 2.21 bits per heavy atom. The van der Waals surface area contributed by atoms with Crippen molar-refractivity contribution in [2.45, 2.75) is 26.9 Å². The minimum absolute atomic E-state index is 0.612. The molecule has 102 valence electrons. The highest BCUT2D eigenvalue weighted by Crippen LogP contribution is 2.27. The number of benzene rings is 1. The van der Waals surface area contributed by atoms with Crippen LogP contribution in [0.5, 0.6) is 5.75 Å². The lowest BCUT2D eigenvalue weighted by Crippen LogP contribution is -2.07. The first-order valence-corrected chi connectivity index (χ1v) is 6.78. The van der Waals surface area contributed by atoms with E-state index in [9.17, 15) is 0 Å². The third-order valence-electron chi connectivity index (χ3n) is 2.82. The van der Waals surface area contributed by atoms with E-state index in [1.54, 1.807) is 0 Å². The molecule has 4 nitrogen and oxygen atoms in total. The molecular weight excluding hydrogens is 262 g/mol. The highest BCUT2D eigenvalue weighted by molar-refractivity contribution is 6.32. The van der Waals surface area contributed by atoms with E-state index in [1.807, 2.05) is 37.5 Å². The number of hydrogen-bond acceptors (Lipinski definition) is 3. The molecule has 19 heavy (non-hydrogen) atoms. The van der Waals surface area contributed by atoms with Gasteiger partial charge >= 0.3 is 0 Å². The zero-order valence-electron chi connectivity index (χ0n) is 11.2. The summed E-state index contributed by atoms with van der Waals surface area (Å²) in [5.74, 6) is 1.72. The number of aryl methyl sites for hydroxylation is 1. The molecule has 0 bridgehead atoms. The van der Waals surface area contributed by atoms with E-state index in [0.29, 0.717) is 23.9 Å². The number of hydrogen-bond donors (Lipinski definition) is 1. The Bertz CT molecular complexity index is 539. The fourth-order valence-electron chi connectivity index (χ4n) is 1.86. The second-order valence-corrected chi connectivity index (χ2v) is 4.47. The van der Waals surface area contributed by atoms with Crippen LogP contribution in [0.4, 0.5) is 5.69 Å². The molecule has 0 saturated carbocycles. The second kappa shape index (κ2) is 6.48. The second-order valence-electron chi connectivity index (χ2n) is 4.06. The fourth-order valence-corrected chi connectivity index (χ4v) is 2.09. The predicted molar refractivity (Wildman–Crippen MR) is 77.8 cm³/mol. The zero-order valence-corrected chi connectivity index (χ0v) is 11.9. The number of nitrogens with zero attached hydrogens (tertiary/aromatic N) is 2. The molecule has 1 N–H and O–H groups in total. The van der Waals surface area contributed by atoms with Crippen LogP contribution < -0.4 is 10.1 Å². The van der Waals surface area contributed by atoms with Gasteiger partial charge in [0.05, 0.1) is 18.2 Å². The molecule has 0 aliphatic heterocycles. The lowest BCUT2D eigenvalue weighted by molar-refractivity contribution is 0.340. The van der Waals surface area contributed by atoms with Crippen LogP contribution in [0.3, 0.4) is 0 Å². The molecule has 1 aromatic carbocycles. The maximum atomic E-state index is 6.14. The van der Waals surface area contributed by atoms with Gasteiger partial charge in [-0.1, -0.05) is 11.6 Å². The van der Waals surface area contributed by atoms with Gasteiger partial charge < -0.3 is 14.6 Å². The summed E-state index contributed by atoms with van der Waals surface area (Å²) in [6.45, 7) is 6.23. The molecule has 0 amide bonds. The average Bonchev–Trinajstić information content (AvgIpc) is 2.87. The summed E-state index contributed by atoms with van der Waals surface area (Å²) in [7, 11) is 0. The van der Waals surface area contributed by atoms with Crippen LogP contribution in [0.25, 0.3) is 0 Å². The van der Waals surface area contributed by atoms with Crippen molar-refractivity contribution in [2.24, 2.45) is 0 Å². The quantitative estimate of drug-likeness (QED) is 0.879. The summed E-state index contributed by atoms with van der Waals surface area (Å²) in [6.07, 6.45) is 3.79. The number of imidazole rings is 1. The lowest BCUT2D eigenvalue weighted by Gasteiger charge is -2.10. The number of halogens is 1. The maximum absolute atomic E-state index is 6.14. The van der Waals surface area contributed by atoms with Gasteiger partial charge in [0, 0.05) is 24.6 Å². The minimum Gasteiger partial charge on any atom is -0.492 e. The summed E-state index contributed by atoms with van der Waals surface area (Å²) >= 11 is 6.14. The van der Waals surface area contributed by atoms with Crippen molar-refractivity contribution < 1.29 is 4.74 Å². The van der Waals surface area contributed by atoms with Gasteiger partial charge in [-0.3, -0.25) is 0 Å². The van der Waals surface area contributed by atoms with Gasteiger partial charge in [-0.2, -0.15) is 0 Å². The SMILES string of the molecule is CCOc1ccc(NCc2nccn2CC)cc1Cl. The van der Waals surface area contributed by atoms with Crippen molar-refractivity contribution in [1.82, 2.24) is 9.55 Å². The molecule has 0 radical (unpaired) electrons. The van der Waals surface area contributed by atoms with Crippen LogP contribution in [0, 0.1) is 0 Å². The summed E-state index contributed by atoms with van der Waals surface area (Å²) in [4.78, 5) is 4.31. The number of nitrogens with one attached hydrogen (secondary N) is 1. The highest BCUT2D eigenvalue weighted by atomic mass is 35.5. The third-order valence-corrected chi connectivity index (χ3v) is 3.12. The smallest absolute Gasteiger partial charge is 0.138 e. The highest BCUT2D eigenvalue weighted by Gasteiger charge is 2.04. The predicted octanol–water partition coefficient (Wildman–Crippen LogP) is 3.57. The topological polar surface area (TPSA) is 39.1 Å². The van der Waals surface area contributed by atoms with Crippen LogP contribution in [0.2, 0.25) is 5.02 Å². The Morgan fingerprint density at radius 1 is 1.37 bits per heavy atom. The maximum Gasteiger partial charge on any atom is 0.138 e. The normalized spacial score (nSPS) is 10.5. The van der Waals surface area contributed by atoms with Crippen molar-refractivity contribution >= 4 is 17.3 Å². The van der Waals surface area contributed by atoms with E-state index in [2.05, 4.69) is 21.8 Å². The first-order valence-electron chi connectivity index (χ1n) is 6.40. The average molecular weight is 280 g/mol. The van der Waals surface area contributed by atoms with Crippen LogP contribution >= 0.6 is 11.6 Å². The molecule has 1 heterocycles. The Morgan fingerprint density at radius 3 is 2.89 bits per heavy atom. The Hall–Kier alpha value is -1.68. The van der Waals surface area contributed by atoms with Crippen molar-refractivity contribution in [3.63, 3.8) is 0 Å². The van der Waals surface area contributed by atoms with E-state index in [1.165, 1.54) is 0 Å². The van der Waals surface area contributed by atoms with Gasteiger partial charge in [-0.15, -0.1) is 0 Å². The van der Waals surface area contributed by atoms with Crippen molar-refractivity contribution in [1.29, 1.82) is 0 Å². The Kier molecular flexibility index (Phi) is 4.68. The van der Waals surface area contributed by atoms with Crippen molar-refractivity contribution in [3.05, 3.63) is 41.4 Å². The standard InChI is InChI=1S/C14H18ClN3O/c1-3-18-8-7-16-14(18)10-17-11-5-6-13(19-4-2)12(15)9-11/h5-9,17H,3-4,10H2,1-2H3. The summed E-state index contributed by atoms with van der Waals surface area (Å²) in [6, 6.07) is 5.70. The molecule has 0 aliphatic carbocycles. The molecular formula is C14H18ClN3O. The summed E-state index contributed by atoms with van der Waals surface area (Å²) in [5.41, 5.74) is 0.958. The first kappa shape index (κ1) is 13.7. The largest absolute Gasteiger partial charge is 0.492 e. The Labute approximate surface area is 118 Å². The number of aromatic nitrogens is 2. The monoisotopic (exact) mass is 279 g/mol. The minimum atomic E-state index is 0.612. The molecule has 0 fully saturated rings. The number of ether oxygens (including phenoxy) is 1. The van der Waals surface area contributed by atoms with Gasteiger partial charge in [0.1, 0.15) is 11.6 Å². The van der Waals surface area contributed by atoms with Crippen LogP contribution in [0.15, 0.2) is 30.6 Å². The van der Waals surface area contributed by atoms with Crippen LogP contribution in [-0.2, 0) is 13.1 Å². The molecule has 0 atom stereocenters. The van der Waals surface area contributed by atoms with E-state index in [4.69, 9.17) is 16.3 Å². The van der Waals surface area contributed by atoms with E-state index in [0.717, 1.165) is 18.1 Å². The van der Waals surface area contributed by atoms with Gasteiger partial charge in [0.2, 0.25) is 0 Å². The molecule has 2 rings (SSSR count). The van der Waals surface area contributed by atoms with Gasteiger partial charge in [-0.25, -0.2) is 4.98 Å². The fraction of sp³-hybridized carbons (Fsp3) is 0.357. The van der Waals surface area contributed by atoms with E-state index in [-0.39, 0.29) is 0 Å². The molecule has 0 unspecified atom stereocenters. The van der Waals surface area contributed by atoms with Crippen LogP contribution in [-0.4, -0.2) is 16.2 Å². The first-order chi connectivity index (χ1) is 9.24. The molecule has 5 heteroatoms. The van der Waals surface area contributed by atoms with E-state index >= 15 is 0 Å². The van der Waals surface area contributed by atoms with Crippen LogP contribution in [0.1, 0.15) is 19.7 Å². The van der Waals surface area contributed by atoms with E-state index < -0.39 is 0 Å². The summed E-state index contributed by atoms with van der Waals surface area (Å²) < 4.78 is 7.50. The molecule has 0 aliphatic rings. The number of rotatable bonds is 6. The zero-order chi connectivity index (χ0) is 13.7. The van der Waals surface area contributed by atoms with Crippen molar-refractivity contribution in [3.8, 4) is 5.75 Å². The molecule has 0 spiro atoms. The Balaban J connectivity index is 2.02. The van der Waals surface area contributed by atoms with Gasteiger partial charge in [0.15, 0.2) is 0 Å². The number of anilines is 1. The van der Waals surface area contributed by atoms with Crippen molar-refractivity contribution in [2.75, 3.05) is 11.9 Å². The summed E-state index contributed by atoms with van der Waals surface area (Å²) in [5, 5.41) is 3.92. The van der Waals surface area contributed by atoms with Gasteiger partial charge in [-0.05, 0) is 32.0 Å². The third kappa shape index (κ3) is 3.41. The molecule has 0 saturated heterocycles. The molecule has 2 aromatic rings. The van der Waals surface area contributed by atoms with Gasteiger partial charge in [0.25, 0.3) is 0 Å². The lowest BCUT2D eigenvalue weighted by atomic mass is 10.3.